The van der Waals surface area contributed by atoms with Crippen LogP contribution in [-0.4, -0.2) is 11.9 Å². The van der Waals surface area contributed by atoms with Crippen molar-refractivity contribution in [1.82, 2.24) is 5.32 Å². The smallest absolute Gasteiger partial charge is 0.353 e. The average Bonchev–Trinajstić information content (AvgIpc) is 2.71. The maximum Gasteiger partial charge on any atom is 0.416 e. The van der Waals surface area contributed by atoms with E-state index >= 15 is 0 Å². The first-order valence-corrected chi connectivity index (χ1v) is 7.89. The molecule has 1 aliphatic rings. The first-order chi connectivity index (χ1) is 10.4. The number of carbonyl (C=O) groups excluding carboxylic acids is 1. The first-order valence-electron chi connectivity index (χ1n) is 7.89. The normalized spacial score (nSPS) is 22.9. The van der Waals surface area contributed by atoms with E-state index in [0.29, 0.717) is 18.4 Å². The van der Waals surface area contributed by atoms with E-state index in [1.807, 2.05) is 0 Å². The van der Waals surface area contributed by atoms with E-state index in [1.165, 1.54) is 6.07 Å². The molecule has 2 atom stereocenters. The third kappa shape index (κ3) is 4.02. The quantitative estimate of drug-likeness (QED) is 0.809. The number of rotatable bonds is 3. The molecule has 5 heteroatoms. The largest absolute Gasteiger partial charge is 0.416 e. The maximum absolute atomic E-state index is 13.3. The van der Waals surface area contributed by atoms with Crippen LogP contribution < -0.4 is 5.32 Å². The molecular weight excluding hydrogens is 291 g/mol. The van der Waals surface area contributed by atoms with Gasteiger partial charge in [0.2, 0.25) is 5.91 Å². The second-order valence-electron chi connectivity index (χ2n) is 5.86. The van der Waals surface area contributed by atoms with E-state index < -0.39 is 11.7 Å². The van der Waals surface area contributed by atoms with Crippen LogP contribution in [0.15, 0.2) is 24.3 Å². The SMILES string of the molecule is CCC(=O)N[C@@H]1CCCCC[C@@H]1c1ccccc1C(F)(F)F. The zero-order chi connectivity index (χ0) is 16.2. The molecule has 0 aliphatic heterocycles. The summed E-state index contributed by atoms with van der Waals surface area (Å²) in [7, 11) is 0. The summed E-state index contributed by atoms with van der Waals surface area (Å²) < 4.78 is 39.8. The second-order valence-corrected chi connectivity index (χ2v) is 5.86. The summed E-state index contributed by atoms with van der Waals surface area (Å²) in [4.78, 5) is 11.7. The van der Waals surface area contributed by atoms with Gasteiger partial charge in [-0.1, -0.05) is 44.4 Å². The molecule has 2 rings (SSSR count). The number of hydrogen-bond acceptors (Lipinski definition) is 1. The number of carbonyl (C=O) groups is 1. The minimum absolute atomic E-state index is 0.0959. The van der Waals surface area contributed by atoms with Crippen molar-refractivity contribution in [3.05, 3.63) is 35.4 Å². The molecule has 22 heavy (non-hydrogen) atoms. The zero-order valence-corrected chi connectivity index (χ0v) is 12.7. The fourth-order valence-electron chi connectivity index (χ4n) is 3.24. The third-order valence-electron chi connectivity index (χ3n) is 4.35. The van der Waals surface area contributed by atoms with Gasteiger partial charge in [-0.05, 0) is 24.5 Å². The predicted molar refractivity (Wildman–Crippen MR) is 79.5 cm³/mol. The lowest BCUT2D eigenvalue weighted by Gasteiger charge is -2.28. The summed E-state index contributed by atoms with van der Waals surface area (Å²) in [5.74, 6) is -0.364. The molecule has 2 nitrogen and oxygen atoms in total. The summed E-state index contributed by atoms with van der Waals surface area (Å²) in [6, 6.07) is 5.55. The molecule has 0 aromatic heterocycles. The number of alkyl halides is 3. The minimum Gasteiger partial charge on any atom is -0.353 e. The Hall–Kier alpha value is -1.52. The van der Waals surface area contributed by atoms with Crippen molar-refractivity contribution in [2.24, 2.45) is 0 Å². The van der Waals surface area contributed by atoms with Gasteiger partial charge in [0.15, 0.2) is 0 Å². The van der Waals surface area contributed by atoms with Gasteiger partial charge < -0.3 is 5.32 Å². The van der Waals surface area contributed by atoms with Crippen LogP contribution in [-0.2, 0) is 11.0 Å². The molecule has 122 valence electrons. The van der Waals surface area contributed by atoms with E-state index in [9.17, 15) is 18.0 Å². The van der Waals surface area contributed by atoms with Gasteiger partial charge in [0.05, 0.1) is 5.56 Å². The number of nitrogens with one attached hydrogen (secondary N) is 1. The Balaban J connectivity index is 2.35. The number of hydrogen-bond donors (Lipinski definition) is 1. The molecule has 1 aliphatic carbocycles. The highest BCUT2D eigenvalue weighted by atomic mass is 19.4. The Bertz CT molecular complexity index is 513. The maximum atomic E-state index is 13.3. The van der Waals surface area contributed by atoms with Gasteiger partial charge in [-0.2, -0.15) is 13.2 Å². The van der Waals surface area contributed by atoms with Crippen molar-refractivity contribution in [3.63, 3.8) is 0 Å². The van der Waals surface area contributed by atoms with Gasteiger partial charge in [0, 0.05) is 18.4 Å². The monoisotopic (exact) mass is 313 g/mol. The lowest BCUT2D eigenvalue weighted by molar-refractivity contribution is -0.138. The summed E-state index contributed by atoms with van der Waals surface area (Å²) in [6.07, 6.45) is 0.259. The van der Waals surface area contributed by atoms with Crippen molar-refractivity contribution < 1.29 is 18.0 Å². The molecule has 1 fully saturated rings. The summed E-state index contributed by atoms with van der Waals surface area (Å²) in [5.41, 5.74) is -0.254. The van der Waals surface area contributed by atoms with Crippen LogP contribution in [0.4, 0.5) is 13.2 Å². The standard InChI is InChI=1S/C17H22F3NO/c1-2-16(22)21-15-11-5-3-4-9-13(15)12-8-6-7-10-14(12)17(18,19)20/h6-8,10,13,15H,2-5,9,11H2,1H3,(H,21,22)/t13-,15-/m1/s1. The number of halogens is 3. The van der Waals surface area contributed by atoms with Crippen molar-refractivity contribution in [2.75, 3.05) is 0 Å². The Morgan fingerprint density at radius 2 is 1.86 bits per heavy atom. The van der Waals surface area contributed by atoms with Crippen LogP contribution >= 0.6 is 0 Å². The van der Waals surface area contributed by atoms with Crippen LogP contribution in [0.2, 0.25) is 0 Å². The van der Waals surface area contributed by atoms with Crippen molar-refractivity contribution >= 4 is 5.91 Å². The predicted octanol–water partition coefficient (Wildman–Crippen LogP) is 4.65. The molecule has 0 bridgehead atoms. The molecule has 0 spiro atoms. The summed E-state index contributed by atoms with van der Waals surface area (Å²) in [5, 5.41) is 2.93. The summed E-state index contributed by atoms with van der Waals surface area (Å²) >= 11 is 0. The van der Waals surface area contributed by atoms with E-state index in [1.54, 1.807) is 19.1 Å². The van der Waals surface area contributed by atoms with E-state index in [0.717, 1.165) is 31.7 Å². The van der Waals surface area contributed by atoms with Crippen LogP contribution in [0.3, 0.4) is 0 Å². The highest BCUT2D eigenvalue weighted by Gasteiger charge is 2.37. The van der Waals surface area contributed by atoms with Crippen molar-refractivity contribution in [3.8, 4) is 0 Å². The molecule has 1 N–H and O–H groups in total. The molecule has 1 saturated carbocycles. The van der Waals surface area contributed by atoms with Crippen LogP contribution in [0.5, 0.6) is 0 Å². The van der Waals surface area contributed by atoms with Gasteiger partial charge >= 0.3 is 6.18 Å². The van der Waals surface area contributed by atoms with Crippen LogP contribution in [0, 0.1) is 0 Å². The highest BCUT2D eigenvalue weighted by Crippen LogP contribution is 2.40. The first kappa shape index (κ1) is 16.8. The fourth-order valence-corrected chi connectivity index (χ4v) is 3.24. The lowest BCUT2D eigenvalue weighted by atomic mass is 9.84. The Labute approximate surface area is 129 Å². The summed E-state index contributed by atoms with van der Waals surface area (Å²) in [6.45, 7) is 1.75. The van der Waals surface area contributed by atoms with Crippen LogP contribution in [0.25, 0.3) is 0 Å². The molecule has 0 radical (unpaired) electrons. The fraction of sp³-hybridized carbons (Fsp3) is 0.588. The second kappa shape index (κ2) is 7.16. The molecule has 0 unspecified atom stereocenters. The highest BCUT2D eigenvalue weighted by molar-refractivity contribution is 5.76. The number of amides is 1. The van der Waals surface area contributed by atoms with Gasteiger partial charge in [-0.25, -0.2) is 0 Å². The molecular formula is C17H22F3NO. The van der Waals surface area contributed by atoms with E-state index in [-0.39, 0.29) is 17.9 Å². The van der Waals surface area contributed by atoms with Gasteiger partial charge in [-0.3, -0.25) is 4.79 Å². The Morgan fingerprint density at radius 3 is 2.55 bits per heavy atom. The topological polar surface area (TPSA) is 29.1 Å². The minimum atomic E-state index is -4.36. The lowest BCUT2D eigenvalue weighted by Crippen LogP contribution is -2.39. The third-order valence-corrected chi connectivity index (χ3v) is 4.35. The van der Waals surface area contributed by atoms with E-state index in [2.05, 4.69) is 5.32 Å². The number of benzene rings is 1. The average molecular weight is 313 g/mol. The Morgan fingerprint density at radius 1 is 1.18 bits per heavy atom. The molecule has 0 heterocycles. The van der Waals surface area contributed by atoms with Crippen molar-refractivity contribution in [2.45, 2.75) is 63.6 Å². The van der Waals surface area contributed by atoms with Gasteiger partial charge in [-0.15, -0.1) is 0 Å². The molecule has 1 amide bonds. The molecule has 1 aromatic carbocycles. The Kier molecular flexibility index (Phi) is 5.48. The van der Waals surface area contributed by atoms with E-state index in [4.69, 9.17) is 0 Å². The zero-order valence-electron chi connectivity index (χ0n) is 12.7. The van der Waals surface area contributed by atoms with Crippen LogP contribution in [0.1, 0.15) is 62.5 Å². The van der Waals surface area contributed by atoms with Gasteiger partial charge in [0.1, 0.15) is 0 Å². The van der Waals surface area contributed by atoms with Gasteiger partial charge in [0.25, 0.3) is 0 Å². The van der Waals surface area contributed by atoms with Crippen molar-refractivity contribution in [1.29, 1.82) is 0 Å². The molecule has 1 aromatic rings. The molecule has 0 saturated heterocycles.